The fourth-order valence-corrected chi connectivity index (χ4v) is 3.15. The van der Waals surface area contributed by atoms with Gasteiger partial charge in [0.15, 0.2) is 0 Å². The van der Waals surface area contributed by atoms with Crippen LogP contribution in [0.1, 0.15) is 15.9 Å². The highest BCUT2D eigenvalue weighted by Crippen LogP contribution is 2.31. The minimum Gasteiger partial charge on any atom is -0.507 e. The van der Waals surface area contributed by atoms with Crippen molar-refractivity contribution in [2.24, 2.45) is 0 Å². The van der Waals surface area contributed by atoms with Crippen LogP contribution in [0.4, 0.5) is 11.4 Å². The summed E-state index contributed by atoms with van der Waals surface area (Å²) in [7, 11) is -4.47. The van der Waals surface area contributed by atoms with E-state index in [-0.39, 0.29) is 5.75 Å². The molecule has 0 atom stereocenters. The summed E-state index contributed by atoms with van der Waals surface area (Å²) < 4.78 is 31.8. The standard InChI is InChI=1S/C18H16N2O5S/c1-10-2-5-16(19)15(6-10)18(22)20-12-3-4-14-11(7-12)8-13(9-17(14)21)26(23,24)25/h2-9,21H,19H2,1H3,(H,20,22)(H,23,24,25). The third kappa shape index (κ3) is 3.46. The van der Waals surface area contributed by atoms with Crippen LogP contribution in [0, 0.1) is 6.92 Å². The Morgan fingerprint density at radius 2 is 1.81 bits per heavy atom. The van der Waals surface area contributed by atoms with Gasteiger partial charge in [-0.3, -0.25) is 9.35 Å². The van der Waals surface area contributed by atoms with Gasteiger partial charge in [-0.2, -0.15) is 8.42 Å². The Morgan fingerprint density at radius 3 is 2.50 bits per heavy atom. The highest BCUT2D eigenvalue weighted by atomic mass is 32.2. The molecule has 0 spiro atoms. The number of carbonyl (C=O) groups is 1. The minimum absolute atomic E-state index is 0.295. The summed E-state index contributed by atoms with van der Waals surface area (Å²) in [4.78, 5) is 12.0. The van der Waals surface area contributed by atoms with E-state index in [9.17, 15) is 22.9 Å². The van der Waals surface area contributed by atoms with Gasteiger partial charge in [0.25, 0.3) is 16.0 Å². The molecule has 8 heteroatoms. The molecule has 0 bridgehead atoms. The van der Waals surface area contributed by atoms with Gasteiger partial charge in [0.1, 0.15) is 5.75 Å². The summed E-state index contributed by atoms with van der Waals surface area (Å²) in [5.41, 5.74) is 7.75. The average molecular weight is 372 g/mol. The Morgan fingerprint density at radius 1 is 1.08 bits per heavy atom. The molecule has 3 rings (SSSR count). The molecule has 3 aromatic rings. The van der Waals surface area contributed by atoms with Crippen molar-refractivity contribution in [1.29, 1.82) is 0 Å². The third-order valence-electron chi connectivity index (χ3n) is 3.91. The lowest BCUT2D eigenvalue weighted by Gasteiger charge is -2.10. The average Bonchev–Trinajstić information content (AvgIpc) is 2.55. The van der Waals surface area contributed by atoms with E-state index in [1.807, 2.05) is 6.92 Å². The third-order valence-corrected chi connectivity index (χ3v) is 4.74. The normalized spacial score (nSPS) is 11.5. The van der Waals surface area contributed by atoms with E-state index in [0.29, 0.717) is 27.7 Å². The number of aryl methyl sites for hydroxylation is 1. The molecule has 3 aromatic carbocycles. The molecule has 0 aliphatic rings. The van der Waals surface area contributed by atoms with Crippen LogP contribution < -0.4 is 11.1 Å². The van der Waals surface area contributed by atoms with E-state index in [4.69, 9.17) is 5.73 Å². The predicted molar refractivity (Wildman–Crippen MR) is 99.0 cm³/mol. The maximum Gasteiger partial charge on any atom is 0.294 e. The summed E-state index contributed by atoms with van der Waals surface area (Å²) in [6.45, 7) is 1.84. The molecule has 26 heavy (non-hydrogen) atoms. The first kappa shape index (κ1) is 17.7. The van der Waals surface area contributed by atoms with Crippen molar-refractivity contribution < 1.29 is 22.9 Å². The number of aromatic hydroxyl groups is 1. The number of rotatable bonds is 3. The summed E-state index contributed by atoms with van der Waals surface area (Å²) in [5.74, 6) is -0.711. The molecular weight excluding hydrogens is 356 g/mol. The number of amides is 1. The van der Waals surface area contributed by atoms with Crippen molar-refractivity contribution in [1.82, 2.24) is 0 Å². The number of benzene rings is 3. The van der Waals surface area contributed by atoms with Crippen molar-refractivity contribution in [3.05, 3.63) is 59.7 Å². The van der Waals surface area contributed by atoms with Crippen molar-refractivity contribution >= 4 is 38.2 Å². The molecule has 0 aliphatic carbocycles. The van der Waals surface area contributed by atoms with Crippen LogP contribution in [0.3, 0.4) is 0 Å². The van der Waals surface area contributed by atoms with E-state index in [0.717, 1.165) is 11.6 Å². The Bertz CT molecular complexity index is 1140. The number of hydrogen-bond donors (Lipinski definition) is 4. The molecule has 0 saturated carbocycles. The second-order valence-electron chi connectivity index (χ2n) is 5.90. The van der Waals surface area contributed by atoms with E-state index >= 15 is 0 Å². The molecule has 5 N–H and O–H groups in total. The number of anilines is 2. The van der Waals surface area contributed by atoms with Crippen LogP contribution in [-0.2, 0) is 10.1 Å². The highest BCUT2D eigenvalue weighted by Gasteiger charge is 2.15. The van der Waals surface area contributed by atoms with Gasteiger partial charge in [0.05, 0.1) is 10.5 Å². The zero-order valence-corrected chi connectivity index (χ0v) is 14.5. The first-order valence-electron chi connectivity index (χ1n) is 7.57. The van der Waals surface area contributed by atoms with E-state index in [2.05, 4.69) is 5.32 Å². The first-order chi connectivity index (χ1) is 12.1. The number of phenolic OH excluding ortho intramolecular Hbond substituents is 1. The van der Waals surface area contributed by atoms with Crippen molar-refractivity contribution in [3.8, 4) is 5.75 Å². The van der Waals surface area contributed by atoms with Gasteiger partial charge in [-0.1, -0.05) is 11.6 Å². The van der Waals surface area contributed by atoms with Gasteiger partial charge in [-0.15, -0.1) is 0 Å². The zero-order chi connectivity index (χ0) is 19.1. The van der Waals surface area contributed by atoms with Crippen LogP contribution in [0.5, 0.6) is 5.75 Å². The fraction of sp³-hybridized carbons (Fsp3) is 0.0556. The van der Waals surface area contributed by atoms with Crippen molar-refractivity contribution in [2.75, 3.05) is 11.1 Å². The SMILES string of the molecule is Cc1ccc(N)c(C(=O)Nc2ccc3c(O)cc(S(=O)(=O)O)cc3c2)c1. The summed E-state index contributed by atoms with van der Waals surface area (Å²) in [5, 5.41) is 13.4. The Labute approximate surface area is 149 Å². The van der Waals surface area contributed by atoms with Crippen molar-refractivity contribution in [3.63, 3.8) is 0 Å². The fourth-order valence-electron chi connectivity index (χ4n) is 2.61. The van der Waals surface area contributed by atoms with Crippen LogP contribution in [0.25, 0.3) is 10.8 Å². The number of nitrogens with two attached hydrogens (primary N) is 1. The van der Waals surface area contributed by atoms with Crippen LogP contribution >= 0.6 is 0 Å². The van der Waals surface area contributed by atoms with E-state index in [1.165, 1.54) is 18.2 Å². The van der Waals surface area contributed by atoms with Crippen molar-refractivity contribution in [2.45, 2.75) is 11.8 Å². The number of nitrogen functional groups attached to an aromatic ring is 1. The molecule has 0 unspecified atom stereocenters. The molecule has 0 heterocycles. The first-order valence-corrected chi connectivity index (χ1v) is 9.01. The Balaban J connectivity index is 2.01. The number of nitrogens with one attached hydrogen (secondary N) is 1. The topological polar surface area (TPSA) is 130 Å². The van der Waals surface area contributed by atoms with Crippen LogP contribution in [0.2, 0.25) is 0 Å². The number of hydrogen-bond acceptors (Lipinski definition) is 5. The molecule has 0 aromatic heterocycles. The quantitative estimate of drug-likeness (QED) is 0.413. The number of phenols is 1. The van der Waals surface area contributed by atoms with Gasteiger partial charge >= 0.3 is 0 Å². The number of carbonyl (C=O) groups excluding carboxylic acids is 1. The Hall–Kier alpha value is -3.10. The molecule has 134 valence electrons. The Kier molecular flexibility index (Phi) is 4.31. The highest BCUT2D eigenvalue weighted by molar-refractivity contribution is 7.85. The van der Waals surface area contributed by atoms with Gasteiger partial charge in [-0.25, -0.2) is 0 Å². The maximum absolute atomic E-state index is 12.4. The van der Waals surface area contributed by atoms with Crippen LogP contribution in [-0.4, -0.2) is 24.0 Å². The second-order valence-corrected chi connectivity index (χ2v) is 7.32. The summed E-state index contributed by atoms with van der Waals surface area (Å²) in [6, 6.07) is 11.9. The molecule has 0 radical (unpaired) electrons. The molecule has 0 fully saturated rings. The number of fused-ring (bicyclic) bond motifs is 1. The lowest BCUT2D eigenvalue weighted by atomic mass is 10.1. The largest absolute Gasteiger partial charge is 0.507 e. The summed E-state index contributed by atoms with van der Waals surface area (Å²) >= 11 is 0. The van der Waals surface area contributed by atoms with Gasteiger partial charge in [0, 0.05) is 22.8 Å². The molecule has 0 aliphatic heterocycles. The zero-order valence-electron chi connectivity index (χ0n) is 13.7. The van der Waals surface area contributed by atoms with Gasteiger partial charge < -0.3 is 16.2 Å². The van der Waals surface area contributed by atoms with Gasteiger partial charge in [-0.05, 0) is 48.7 Å². The molecule has 7 nitrogen and oxygen atoms in total. The smallest absolute Gasteiger partial charge is 0.294 e. The molecule has 1 amide bonds. The molecular formula is C18H16N2O5S. The summed E-state index contributed by atoms with van der Waals surface area (Å²) in [6.07, 6.45) is 0. The minimum atomic E-state index is -4.47. The van der Waals surface area contributed by atoms with E-state index in [1.54, 1.807) is 24.3 Å². The van der Waals surface area contributed by atoms with E-state index < -0.39 is 20.9 Å². The maximum atomic E-state index is 12.4. The molecule has 0 saturated heterocycles. The lowest BCUT2D eigenvalue weighted by Crippen LogP contribution is -2.14. The second kappa shape index (κ2) is 6.32. The van der Waals surface area contributed by atoms with Crippen LogP contribution in [0.15, 0.2) is 53.4 Å². The monoisotopic (exact) mass is 372 g/mol. The predicted octanol–water partition coefficient (Wildman–Crippen LogP) is 2.94. The lowest BCUT2D eigenvalue weighted by molar-refractivity contribution is 0.102. The van der Waals surface area contributed by atoms with Gasteiger partial charge in [0.2, 0.25) is 0 Å².